The van der Waals surface area contributed by atoms with Gasteiger partial charge in [0.1, 0.15) is 17.9 Å². The molecular weight excluding hydrogens is 524 g/mol. The van der Waals surface area contributed by atoms with Crippen LogP contribution in [0, 0.1) is 17.2 Å². The number of aromatic nitrogens is 2. The van der Waals surface area contributed by atoms with E-state index in [0.717, 1.165) is 16.7 Å². The van der Waals surface area contributed by atoms with E-state index in [4.69, 9.17) is 19.6 Å². The highest BCUT2D eigenvalue weighted by atomic mass is 16.5. The highest BCUT2D eigenvalue weighted by Crippen LogP contribution is 2.34. The number of hydrogen-bond donors (Lipinski definition) is 4. The number of nitrogens with zero attached hydrogens (tertiary/aromatic N) is 3. The highest BCUT2D eigenvalue weighted by Gasteiger charge is 2.45. The number of unbranched alkanes of at least 4 members (excludes halogenated alkanes) is 1. The van der Waals surface area contributed by atoms with Gasteiger partial charge in [0.2, 0.25) is 0 Å². The lowest BCUT2D eigenvalue weighted by molar-refractivity contribution is 0.0163. The summed E-state index contributed by atoms with van der Waals surface area (Å²) in [5, 5.41) is 40.3. The average Bonchev–Trinajstić information content (AvgIpc) is 3.47. The van der Waals surface area contributed by atoms with E-state index in [0.29, 0.717) is 30.8 Å². The van der Waals surface area contributed by atoms with Crippen LogP contribution in [0.25, 0.3) is 22.3 Å². The summed E-state index contributed by atoms with van der Waals surface area (Å²) in [5.74, 6) is 0.286. The van der Waals surface area contributed by atoms with Crippen LogP contribution in [0.1, 0.15) is 25.3 Å². The third-order valence-electron chi connectivity index (χ3n) is 7.54. The fourth-order valence-corrected chi connectivity index (χ4v) is 5.29. The van der Waals surface area contributed by atoms with Crippen molar-refractivity contribution in [2.45, 2.75) is 44.6 Å². The lowest BCUT2D eigenvalue weighted by atomic mass is 9.93. The van der Waals surface area contributed by atoms with Crippen LogP contribution in [0.4, 0.5) is 0 Å². The van der Waals surface area contributed by atoms with Crippen molar-refractivity contribution >= 4 is 16.9 Å². The Balaban J connectivity index is 1.55. The second-order valence-corrected chi connectivity index (χ2v) is 10.1. The summed E-state index contributed by atoms with van der Waals surface area (Å²) in [6.07, 6.45) is 0.0477. The van der Waals surface area contributed by atoms with E-state index in [-0.39, 0.29) is 47.5 Å². The first kappa shape index (κ1) is 28.4. The number of aromatic amines is 1. The Morgan fingerprint density at radius 3 is 2.68 bits per heavy atom. The predicted molar refractivity (Wildman–Crippen MR) is 152 cm³/mol. The molecule has 4 N–H and O–H groups in total. The number of fused-ring (bicyclic) bond motifs is 1. The van der Waals surface area contributed by atoms with Crippen molar-refractivity contribution in [3.05, 3.63) is 81.3 Å². The molecule has 4 atom stereocenters. The zero-order chi connectivity index (χ0) is 28.9. The van der Waals surface area contributed by atoms with Gasteiger partial charge >= 0.3 is 0 Å². The predicted octanol–water partition coefficient (Wildman–Crippen LogP) is 0.825. The maximum absolute atomic E-state index is 12.8. The standard InChI is InChI=1S/C31H32N4O6/c1-18-24(16-37)41-30(29(18)38)26-27(22(14-32)25-28(26)34-17-35-31(25)39)33-15-19-9-10-21(20-7-3-2-4-8-20)23(13-19)40-12-6-5-11-36/h2-4,7-10,13,17-18,24,29-30,36-38H,5-6,11-12,15-16H2,1H3,(H,34,35,39)/t18-,24+,29+,30?/m0/s1. The number of aliphatic hydroxyl groups excluding tert-OH is 3. The van der Waals surface area contributed by atoms with E-state index in [1.54, 1.807) is 6.92 Å². The minimum Gasteiger partial charge on any atom is -0.493 e. The Bertz CT molecular complexity index is 1660. The number of H-pyrrole nitrogens is 1. The summed E-state index contributed by atoms with van der Waals surface area (Å²) in [5.41, 5.74) is 2.88. The first-order valence-corrected chi connectivity index (χ1v) is 13.6. The van der Waals surface area contributed by atoms with E-state index in [1.165, 1.54) is 6.33 Å². The Morgan fingerprint density at radius 2 is 1.98 bits per heavy atom. The largest absolute Gasteiger partial charge is 0.493 e. The SMILES string of the molecule is C[C@H]1[C@@H](CO)OC(C2=c3nc[nH]c(=O)c3=C(C#N)C2=NCc2ccc(-c3ccccc3)c(OCCCCO)c2)[C@@H]1O. The molecule has 0 spiro atoms. The number of nitrogens with one attached hydrogen (secondary N) is 1. The van der Waals surface area contributed by atoms with Crippen molar-refractivity contribution in [1.82, 2.24) is 9.97 Å². The van der Waals surface area contributed by atoms with Crippen LogP contribution in [-0.2, 0) is 11.3 Å². The zero-order valence-electron chi connectivity index (χ0n) is 22.7. The average molecular weight is 557 g/mol. The molecule has 1 fully saturated rings. The molecule has 41 heavy (non-hydrogen) atoms. The fraction of sp³-hybridized carbons (Fsp3) is 0.355. The van der Waals surface area contributed by atoms with E-state index in [1.807, 2.05) is 48.5 Å². The third-order valence-corrected chi connectivity index (χ3v) is 7.54. The first-order valence-electron chi connectivity index (χ1n) is 13.6. The number of ether oxygens (including phenoxy) is 2. The molecule has 1 aliphatic carbocycles. The number of benzene rings is 2. The van der Waals surface area contributed by atoms with Crippen LogP contribution >= 0.6 is 0 Å². The Hall–Kier alpha value is -4.14. The van der Waals surface area contributed by atoms with Gasteiger partial charge in [-0.1, -0.05) is 49.4 Å². The number of hydrogen-bond acceptors (Lipinski definition) is 9. The zero-order valence-corrected chi connectivity index (χ0v) is 22.7. The molecular formula is C31H32N4O6. The molecule has 0 amide bonds. The molecule has 0 saturated carbocycles. The highest BCUT2D eigenvalue weighted by molar-refractivity contribution is 6.44. The van der Waals surface area contributed by atoms with Crippen LogP contribution in [-0.4, -0.2) is 69.1 Å². The minimum absolute atomic E-state index is 0.0571. The summed E-state index contributed by atoms with van der Waals surface area (Å²) in [6, 6.07) is 17.7. The van der Waals surface area contributed by atoms with E-state index >= 15 is 0 Å². The second-order valence-electron chi connectivity index (χ2n) is 10.1. The number of rotatable bonds is 10. The van der Waals surface area contributed by atoms with Crippen molar-refractivity contribution < 1.29 is 24.8 Å². The Kier molecular flexibility index (Phi) is 8.71. The number of aliphatic imine (C=N–C) groups is 1. The van der Waals surface area contributed by atoms with Gasteiger partial charge in [-0.05, 0) is 30.0 Å². The van der Waals surface area contributed by atoms with Crippen LogP contribution in [0.5, 0.6) is 5.75 Å². The fourth-order valence-electron chi connectivity index (χ4n) is 5.29. The number of aliphatic hydroxyl groups is 3. The van der Waals surface area contributed by atoms with Gasteiger partial charge in [0.15, 0.2) is 0 Å². The molecule has 1 aliphatic heterocycles. The van der Waals surface area contributed by atoms with Crippen LogP contribution in [0.3, 0.4) is 0 Å². The van der Waals surface area contributed by atoms with Crippen LogP contribution in [0.15, 0.2) is 64.6 Å². The van der Waals surface area contributed by atoms with Gasteiger partial charge in [-0.25, -0.2) is 4.98 Å². The maximum atomic E-state index is 12.8. The lowest BCUT2D eigenvalue weighted by Gasteiger charge is -2.18. The molecule has 212 valence electrons. The molecule has 0 bridgehead atoms. The summed E-state index contributed by atoms with van der Waals surface area (Å²) in [4.78, 5) is 24.4. The Morgan fingerprint density at radius 1 is 1.17 bits per heavy atom. The van der Waals surface area contributed by atoms with Gasteiger partial charge in [0, 0.05) is 23.7 Å². The van der Waals surface area contributed by atoms with Crippen molar-refractivity contribution in [2.75, 3.05) is 19.8 Å². The van der Waals surface area contributed by atoms with E-state index in [2.05, 4.69) is 16.0 Å². The van der Waals surface area contributed by atoms with Crippen molar-refractivity contribution in [3.63, 3.8) is 0 Å². The van der Waals surface area contributed by atoms with Gasteiger partial charge in [0.25, 0.3) is 5.56 Å². The van der Waals surface area contributed by atoms with Crippen LogP contribution < -0.4 is 20.9 Å². The molecule has 1 aromatic heterocycles. The van der Waals surface area contributed by atoms with E-state index in [9.17, 15) is 20.3 Å². The monoisotopic (exact) mass is 556 g/mol. The Labute approximate surface area is 236 Å². The summed E-state index contributed by atoms with van der Waals surface area (Å²) in [7, 11) is 0. The summed E-state index contributed by atoms with van der Waals surface area (Å²) < 4.78 is 12.1. The molecule has 3 aromatic rings. The molecule has 10 heteroatoms. The van der Waals surface area contributed by atoms with Gasteiger partial charge in [-0.2, -0.15) is 5.26 Å². The quantitative estimate of drug-likeness (QED) is 0.267. The van der Waals surface area contributed by atoms with Crippen molar-refractivity contribution in [1.29, 1.82) is 5.26 Å². The van der Waals surface area contributed by atoms with Gasteiger partial charge in [-0.3, -0.25) is 9.79 Å². The summed E-state index contributed by atoms with van der Waals surface area (Å²) >= 11 is 0. The van der Waals surface area contributed by atoms with Crippen molar-refractivity contribution in [2.24, 2.45) is 10.9 Å². The van der Waals surface area contributed by atoms with Gasteiger partial charge in [-0.15, -0.1) is 0 Å². The first-order chi connectivity index (χ1) is 20.0. The lowest BCUT2D eigenvalue weighted by Crippen LogP contribution is -2.43. The molecule has 1 unspecified atom stereocenters. The topological polar surface area (TPSA) is 161 Å². The molecule has 2 heterocycles. The van der Waals surface area contributed by atoms with Gasteiger partial charge in [0.05, 0.1) is 60.1 Å². The molecule has 2 aromatic carbocycles. The third kappa shape index (κ3) is 5.58. The minimum atomic E-state index is -0.997. The van der Waals surface area contributed by atoms with Crippen LogP contribution in [0.2, 0.25) is 0 Å². The molecule has 1 saturated heterocycles. The second kappa shape index (κ2) is 12.6. The van der Waals surface area contributed by atoms with Crippen molar-refractivity contribution in [3.8, 4) is 22.9 Å². The molecule has 0 radical (unpaired) electrons. The molecule has 2 aliphatic rings. The molecule has 10 nitrogen and oxygen atoms in total. The van der Waals surface area contributed by atoms with Gasteiger partial charge < -0.3 is 29.8 Å². The van der Waals surface area contributed by atoms with E-state index < -0.39 is 23.9 Å². The number of nitriles is 1. The normalized spacial score (nSPS) is 22.7. The summed E-state index contributed by atoms with van der Waals surface area (Å²) in [6.45, 7) is 2.18. The molecule has 5 rings (SSSR count). The maximum Gasteiger partial charge on any atom is 0.260 e. The smallest absolute Gasteiger partial charge is 0.260 e.